The van der Waals surface area contributed by atoms with Crippen LogP contribution in [0.25, 0.3) is 0 Å². The van der Waals surface area contributed by atoms with Crippen molar-refractivity contribution >= 4 is 27.9 Å². The van der Waals surface area contributed by atoms with Crippen LogP contribution in [0, 0.1) is 6.42 Å². The first-order chi connectivity index (χ1) is 4.73. The maximum atomic E-state index is 4.97. The van der Waals surface area contributed by atoms with E-state index < -0.39 is 14.7 Å². The molecule has 0 spiro atoms. The van der Waals surface area contributed by atoms with Gasteiger partial charge in [0.1, 0.15) is 0 Å². The Balaban J connectivity index is 0.000000180. The third-order valence-electron chi connectivity index (χ3n) is 1.32. The van der Waals surface area contributed by atoms with Gasteiger partial charge < -0.3 is 6.42 Å². The SMILES string of the molecule is [CH-]1CCCCC1.[Cl][Ti+]([Cl])[Cl]. The van der Waals surface area contributed by atoms with Gasteiger partial charge in [0.2, 0.25) is 0 Å². The molecule has 1 saturated carbocycles. The molecule has 0 amide bonds. The van der Waals surface area contributed by atoms with Gasteiger partial charge >= 0.3 is 42.6 Å². The van der Waals surface area contributed by atoms with Crippen molar-refractivity contribution in [1.82, 2.24) is 0 Å². The number of hydrogen-bond acceptors (Lipinski definition) is 0. The molecule has 0 N–H and O–H groups in total. The molecule has 0 aromatic heterocycles. The molecule has 0 aromatic rings. The third kappa shape index (κ3) is 12.3. The van der Waals surface area contributed by atoms with Crippen LogP contribution < -0.4 is 0 Å². The molecule has 1 fully saturated rings. The van der Waals surface area contributed by atoms with Crippen LogP contribution in [0.3, 0.4) is 0 Å². The Morgan fingerprint density at radius 1 is 0.900 bits per heavy atom. The molecule has 4 heteroatoms. The first-order valence-corrected chi connectivity index (χ1v) is 9.83. The van der Waals surface area contributed by atoms with Gasteiger partial charge in [-0.1, -0.05) is 19.3 Å². The minimum absolute atomic E-state index is 1.38. The topological polar surface area (TPSA) is 0 Å². The first kappa shape index (κ1) is 11.6. The van der Waals surface area contributed by atoms with Gasteiger partial charge in [0, 0.05) is 0 Å². The number of hydrogen-bond donors (Lipinski definition) is 0. The molecule has 0 bridgehead atoms. The van der Waals surface area contributed by atoms with E-state index in [0.717, 1.165) is 0 Å². The van der Waals surface area contributed by atoms with E-state index in [1.807, 2.05) is 0 Å². The van der Waals surface area contributed by atoms with E-state index in [9.17, 15) is 0 Å². The molecule has 60 valence electrons. The molecule has 0 aliphatic heterocycles. The van der Waals surface area contributed by atoms with Crippen LogP contribution in [0.1, 0.15) is 32.1 Å². The van der Waals surface area contributed by atoms with Crippen LogP contribution in [-0.2, 0) is 14.7 Å². The summed E-state index contributed by atoms with van der Waals surface area (Å²) in [5.41, 5.74) is 0. The summed E-state index contributed by atoms with van der Waals surface area (Å²) in [5.74, 6) is 0. The van der Waals surface area contributed by atoms with E-state index in [1.165, 1.54) is 32.1 Å². The summed E-state index contributed by atoms with van der Waals surface area (Å²) < 4.78 is 0. The normalized spacial score (nSPS) is 17.1. The predicted molar refractivity (Wildman–Crippen MR) is 44.9 cm³/mol. The standard InChI is InChI=1S/C6H11.3ClH.Ti/c1-2-4-6-5-3-1;;;;/h1H,2-6H2;3*1H;/q-1;;;;+4/p-3. The number of halogens is 3. The second-order valence-electron chi connectivity index (χ2n) is 2.14. The maximum absolute atomic E-state index is 4.97. The molecule has 0 heterocycles. The fourth-order valence-electron chi connectivity index (χ4n) is 0.898. The first-order valence-electron chi connectivity index (χ1n) is 3.38. The van der Waals surface area contributed by atoms with Crippen molar-refractivity contribution in [3.63, 3.8) is 0 Å². The van der Waals surface area contributed by atoms with Gasteiger partial charge in [-0.3, -0.25) is 0 Å². The van der Waals surface area contributed by atoms with Gasteiger partial charge in [-0.05, 0) is 0 Å². The van der Waals surface area contributed by atoms with Crippen LogP contribution in [0.2, 0.25) is 0 Å². The van der Waals surface area contributed by atoms with E-state index in [1.54, 1.807) is 0 Å². The molecule has 0 aromatic carbocycles. The molecule has 10 heavy (non-hydrogen) atoms. The molecule has 0 unspecified atom stereocenters. The van der Waals surface area contributed by atoms with Crippen molar-refractivity contribution < 1.29 is 14.7 Å². The van der Waals surface area contributed by atoms with Crippen LogP contribution in [-0.4, -0.2) is 0 Å². The van der Waals surface area contributed by atoms with Crippen molar-refractivity contribution in [2.75, 3.05) is 0 Å². The monoisotopic (exact) mass is 236 g/mol. The zero-order valence-electron chi connectivity index (χ0n) is 5.75. The Morgan fingerprint density at radius 2 is 1.30 bits per heavy atom. The molecule has 1 rings (SSSR count). The summed E-state index contributed by atoms with van der Waals surface area (Å²) in [5, 5.41) is 0. The van der Waals surface area contributed by atoms with Crippen LogP contribution in [0.4, 0.5) is 0 Å². The van der Waals surface area contributed by atoms with Crippen molar-refractivity contribution in [1.29, 1.82) is 0 Å². The van der Waals surface area contributed by atoms with E-state index in [0.29, 0.717) is 0 Å². The minimum atomic E-state index is -1.92. The van der Waals surface area contributed by atoms with Gasteiger partial charge in [0.05, 0.1) is 0 Å². The van der Waals surface area contributed by atoms with Gasteiger partial charge in [-0.2, -0.15) is 12.8 Å². The molecule has 0 saturated heterocycles. The van der Waals surface area contributed by atoms with Crippen LogP contribution >= 0.6 is 27.9 Å². The predicted octanol–water partition coefficient (Wildman–Crippen LogP) is 4.22. The summed E-state index contributed by atoms with van der Waals surface area (Å²) >= 11 is -1.92. The summed E-state index contributed by atoms with van der Waals surface area (Å²) in [6, 6.07) is 0. The van der Waals surface area contributed by atoms with Crippen LogP contribution in [0.15, 0.2) is 0 Å². The van der Waals surface area contributed by atoms with Gasteiger partial charge in [0.25, 0.3) is 0 Å². The summed E-state index contributed by atoms with van der Waals surface area (Å²) in [4.78, 5) is 0. The third-order valence-corrected chi connectivity index (χ3v) is 1.32. The van der Waals surface area contributed by atoms with Crippen molar-refractivity contribution in [3.8, 4) is 0 Å². The van der Waals surface area contributed by atoms with Crippen molar-refractivity contribution in [2.45, 2.75) is 32.1 Å². The Bertz CT molecular complexity index is 49.7. The summed E-state index contributed by atoms with van der Waals surface area (Å²) in [7, 11) is 14.9. The Kier molecular flexibility index (Phi) is 10.1. The Labute approximate surface area is 80.7 Å². The summed E-state index contributed by atoms with van der Waals surface area (Å²) in [6.45, 7) is 0. The van der Waals surface area contributed by atoms with E-state index in [-0.39, 0.29) is 0 Å². The molecule has 0 atom stereocenters. The molecule has 1 aliphatic rings. The quantitative estimate of drug-likeness (QED) is 0.437. The van der Waals surface area contributed by atoms with E-state index >= 15 is 0 Å². The van der Waals surface area contributed by atoms with E-state index in [4.69, 9.17) is 27.9 Å². The molecule has 1 aliphatic carbocycles. The van der Waals surface area contributed by atoms with Crippen LogP contribution in [0.5, 0.6) is 0 Å². The Hall–Kier alpha value is 1.58. The zero-order chi connectivity index (χ0) is 7.82. The molecular formula is C6H11Cl3Ti. The van der Waals surface area contributed by atoms with Gasteiger partial charge in [0.15, 0.2) is 0 Å². The molecular weight excluding hydrogens is 226 g/mol. The molecule has 0 nitrogen and oxygen atoms in total. The second-order valence-corrected chi connectivity index (χ2v) is 9.88. The molecule has 0 radical (unpaired) electrons. The second kappa shape index (κ2) is 8.68. The fraction of sp³-hybridized carbons (Fsp3) is 0.833. The van der Waals surface area contributed by atoms with E-state index in [2.05, 4.69) is 6.42 Å². The average molecular weight is 237 g/mol. The van der Waals surface area contributed by atoms with Gasteiger partial charge in [-0.25, -0.2) is 0 Å². The van der Waals surface area contributed by atoms with Gasteiger partial charge in [-0.15, -0.1) is 0 Å². The van der Waals surface area contributed by atoms with Crippen molar-refractivity contribution in [3.05, 3.63) is 6.42 Å². The fourth-order valence-corrected chi connectivity index (χ4v) is 0.898. The Morgan fingerprint density at radius 3 is 1.40 bits per heavy atom. The van der Waals surface area contributed by atoms with Crippen molar-refractivity contribution in [2.24, 2.45) is 0 Å². The number of rotatable bonds is 0. The summed E-state index contributed by atoms with van der Waals surface area (Å²) in [6.07, 6.45) is 9.50. The zero-order valence-corrected chi connectivity index (χ0v) is 9.58. The average Bonchev–Trinajstić information content (AvgIpc) is 1.90.